The zero-order chi connectivity index (χ0) is 22.8. The van der Waals surface area contributed by atoms with Crippen LogP contribution in [0, 0.1) is 12.8 Å². The van der Waals surface area contributed by atoms with Crippen LogP contribution < -0.4 is 11.1 Å². The topological polar surface area (TPSA) is 103 Å². The second-order valence-electron chi connectivity index (χ2n) is 8.17. The summed E-state index contributed by atoms with van der Waals surface area (Å²) in [6, 6.07) is 8.14. The van der Waals surface area contributed by atoms with Gasteiger partial charge in [0.15, 0.2) is 11.0 Å². The maximum atomic E-state index is 12.7. The quantitative estimate of drug-likeness (QED) is 0.503. The van der Waals surface area contributed by atoms with Gasteiger partial charge in [0.05, 0.1) is 11.3 Å². The average Bonchev–Trinajstić information content (AvgIpc) is 3.32. The van der Waals surface area contributed by atoms with E-state index in [9.17, 15) is 9.59 Å². The molecule has 168 valence electrons. The minimum Gasteiger partial charge on any atom is -0.365 e. The molecule has 32 heavy (non-hydrogen) atoms. The van der Waals surface area contributed by atoms with Gasteiger partial charge in [0.1, 0.15) is 5.00 Å². The molecule has 1 aliphatic rings. The minimum atomic E-state index is -0.478. The van der Waals surface area contributed by atoms with Gasteiger partial charge >= 0.3 is 0 Å². The van der Waals surface area contributed by atoms with E-state index in [2.05, 4.69) is 22.4 Å². The predicted molar refractivity (Wildman–Crippen MR) is 129 cm³/mol. The first kappa shape index (κ1) is 22.5. The zero-order valence-electron chi connectivity index (χ0n) is 18.5. The fourth-order valence-electron chi connectivity index (χ4n) is 3.99. The molecule has 0 spiro atoms. The number of amides is 2. The number of thiophene rings is 1. The molecule has 4 rings (SSSR count). The Kier molecular flexibility index (Phi) is 6.66. The van der Waals surface area contributed by atoms with Crippen molar-refractivity contribution in [2.24, 2.45) is 11.7 Å². The Bertz CT molecular complexity index is 1150. The molecule has 1 atom stereocenters. The number of nitrogens with two attached hydrogens (primary N) is 1. The third kappa shape index (κ3) is 4.59. The SMILES string of the molecule is CCn1c(SCC(=O)Nc2sc3c(c2C(N)=O)CCC(C)C3)nnc1-c1ccc(C)cc1. The number of benzene rings is 1. The molecular weight excluding hydrogens is 442 g/mol. The van der Waals surface area contributed by atoms with Gasteiger partial charge in [0, 0.05) is 17.0 Å². The fourth-order valence-corrected chi connectivity index (χ4v) is 6.22. The van der Waals surface area contributed by atoms with Crippen molar-refractivity contribution in [3.63, 3.8) is 0 Å². The van der Waals surface area contributed by atoms with Crippen LogP contribution in [0.1, 0.15) is 46.6 Å². The van der Waals surface area contributed by atoms with Crippen LogP contribution in [0.4, 0.5) is 5.00 Å². The Hall–Kier alpha value is -2.65. The lowest BCUT2D eigenvalue weighted by Gasteiger charge is -2.18. The second-order valence-corrected chi connectivity index (χ2v) is 10.2. The van der Waals surface area contributed by atoms with Gasteiger partial charge in [-0.15, -0.1) is 21.5 Å². The molecular formula is C23H27N5O2S2. The molecule has 1 unspecified atom stereocenters. The standard InChI is InChI=1S/C23H27N5O2S2/c1-4-28-21(15-8-5-13(2)6-9-15)26-27-23(28)31-12-18(29)25-22-19(20(24)30)16-10-7-14(3)11-17(16)32-22/h5-6,8-9,14H,4,7,10-12H2,1-3H3,(H2,24,30)(H,25,29). The van der Waals surface area contributed by atoms with Crippen molar-refractivity contribution in [3.8, 4) is 11.4 Å². The first-order chi connectivity index (χ1) is 15.4. The van der Waals surface area contributed by atoms with Gasteiger partial charge in [0.25, 0.3) is 5.91 Å². The van der Waals surface area contributed by atoms with E-state index in [1.807, 2.05) is 42.7 Å². The monoisotopic (exact) mass is 469 g/mol. The number of hydrogen-bond acceptors (Lipinski definition) is 6. The lowest BCUT2D eigenvalue weighted by Crippen LogP contribution is -2.20. The number of carbonyl (C=O) groups is 2. The van der Waals surface area contributed by atoms with E-state index < -0.39 is 5.91 Å². The number of nitrogens with one attached hydrogen (secondary N) is 1. The van der Waals surface area contributed by atoms with E-state index in [-0.39, 0.29) is 11.7 Å². The number of thioether (sulfide) groups is 1. The van der Waals surface area contributed by atoms with Crippen LogP contribution in [-0.4, -0.2) is 32.3 Å². The number of nitrogens with zero attached hydrogens (tertiary/aromatic N) is 3. The summed E-state index contributed by atoms with van der Waals surface area (Å²) >= 11 is 2.81. The summed E-state index contributed by atoms with van der Waals surface area (Å²) in [4.78, 5) is 26.0. The Balaban J connectivity index is 1.47. The van der Waals surface area contributed by atoms with Gasteiger partial charge in [-0.05, 0) is 44.6 Å². The number of carbonyl (C=O) groups excluding carboxylic acids is 2. The largest absolute Gasteiger partial charge is 0.365 e. The van der Waals surface area contributed by atoms with E-state index in [0.717, 1.165) is 41.1 Å². The Morgan fingerprint density at radius 3 is 2.72 bits per heavy atom. The summed E-state index contributed by atoms with van der Waals surface area (Å²) in [6.45, 7) is 6.97. The molecule has 3 N–H and O–H groups in total. The number of anilines is 1. The molecule has 7 nitrogen and oxygen atoms in total. The van der Waals surface area contributed by atoms with E-state index in [1.165, 1.54) is 28.7 Å². The van der Waals surface area contributed by atoms with Crippen molar-refractivity contribution in [1.29, 1.82) is 0 Å². The Labute approximate surface area is 195 Å². The Morgan fingerprint density at radius 1 is 1.28 bits per heavy atom. The van der Waals surface area contributed by atoms with Gasteiger partial charge in [-0.25, -0.2) is 0 Å². The third-order valence-corrected chi connectivity index (χ3v) is 7.82. The lowest BCUT2D eigenvalue weighted by atomic mass is 9.88. The van der Waals surface area contributed by atoms with Crippen LogP contribution in [0.2, 0.25) is 0 Å². The molecule has 2 heterocycles. The highest BCUT2D eigenvalue weighted by Crippen LogP contribution is 2.39. The van der Waals surface area contributed by atoms with Gasteiger partial charge in [0.2, 0.25) is 5.91 Å². The van der Waals surface area contributed by atoms with Gasteiger partial charge in [-0.3, -0.25) is 9.59 Å². The highest BCUT2D eigenvalue weighted by molar-refractivity contribution is 7.99. The fraction of sp³-hybridized carbons (Fsp3) is 0.391. The van der Waals surface area contributed by atoms with E-state index in [4.69, 9.17) is 5.73 Å². The molecule has 3 aromatic rings. The molecule has 9 heteroatoms. The molecule has 0 saturated carbocycles. The molecule has 0 fully saturated rings. The summed E-state index contributed by atoms with van der Waals surface area (Å²) in [5.74, 6) is 0.860. The predicted octanol–water partition coefficient (Wildman–Crippen LogP) is 4.29. The van der Waals surface area contributed by atoms with Gasteiger partial charge in [-0.2, -0.15) is 0 Å². The van der Waals surface area contributed by atoms with E-state index >= 15 is 0 Å². The van der Waals surface area contributed by atoms with Crippen molar-refractivity contribution in [2.75, 3.05) is 11.1 Å². The summed E-state index contributed by atoms with van der Waals surface area (Å²) in [5.41, 5.74) is 9.32. The van der Waals surface area contributed by atoms with Crippen molar-refractivity contribution in [1.82, 2.24) is 14.8 Å². The minimum absolute atomic E-state index is 0.170. The number of primary amides is 1. The average molecular weight is 470 g/mol. The number of aromatic nitrogens is 3. The smallest absolute Gasteiger partial charge is 0.251 e. The maximum Gasteiger partial charge on any atom is 0.251 e. The van der Waals surface area contributed by atoms with Crippen molar-refractivity contribution >= 4 is 39.9 Å². The first-order valence-corrected chi connectivity index (χ1v) is 12.5. The molecule has 2 amide bonds. The third-order valence-electron chi connectivity index (χ3n) is 5.69. The summed E-state index contributed by atoms with van der Waals surface area (Å²) in [6.07, 6.45) is 2.78. The number of rotatable bonds is 7. The van der Waals surface area contributed by atoms with Gasteiger partial charge < -0.3 is 15.6 Å². The van der Waals surface area contributed by atoms with Crippen LogP contribution in [0.15, 0.2) is 29.4 Å². The molecule has 0 saturated heterocycles. The van der Waals surface area contributed by atoms with Crippen molar-refractivity contribution in [2.45, 2.75) is 51.7 Å². The molecule has 0 aliphatic heterocycles. The molecule has 1 aromatic carbocycles. The van der Waals surface area contributed by atoms with Crippen molar-refractivity contribution < 1.29 is 9.59 Å². The molecule has 1 aliphatic carbocycles. The van der Waals surface area contributed by atoms with Crippen LogP contribution >= 0.6 is 23.1 Å². The highest BCUT2D eigenvalue weighted by Gasteiger charge is 2.27. The van der Waals surface area contributed by atoms with Crippen LogP contribution in [-0.2, 0) is 24.2 Å². The van der Waals surface area contributed by atoms with Crippen LogP contribution in [0.25, 0.3) is 11.4 Å². The van der Waals surface area contributed by atoms with Crippen LogP contribution in [0.5, 0.6) is 0 Å². The summed E-state index contributed by atoms with van der Waals surface area (Å²) in [7, 11) is 0. The second kappa shape index (κ2) is 9.46. The first-order valence-electron chi connectivity index (χ1n) is 10.7. The van der Waals surface area contributed by atoms with Gasteiger partial charge in [-0.1, -0.05) is 48.5 Å². The highest BCUT2D eigenvalue weighted by atomic mass is 32.2. The number of fused-ring (bicyclic) bond motifs is 1. The molecule has 0 bridgehead atoms. The molecule has 0 radical (unpaired) electrons. The summed E-state index contributed by atoms with van der Waals surface area (Å²) in [5, 5.41) is 12.8. The van der Waals surface area contributed by atoms with Crippen molar-refractivity contribution in [3.05, 3.63) is 45.8 Å². The number of hydrogen-bond donors (Lipinski definition) is 2. The van der Waals surface area contributed by atoms with E-state index in [0.29, 0.717) is 28.2 Å². The Morgan fingerprint density at radius 2 is 2.03 bits per heavy atom. The maximum absolute atomic E-state index is 12.7. The van der Waals surface area contributed by atoms with E-state index in [1.54, 1.807) is 0 Å². The number of aryl methyl sites for hydroxylation is 1. The van der Waals surface area contributed by atoms with Crippen LogP contribution in [0.3, 0.4) is 0 Å². The summed E-state index contributed by atoms with van der Waals surface area (Å²) < 4.78 is 2.00. The normalized spacial score (nSPS) is 15.4. The lowest BCUT2D eigenvalue weighted by molar-refractivity contribution is -0.113. The zero-order valence-corrected chi connectivity index (χ0v) is 20.1. The molecule has 2 aromatic heterocycles.